The fraction of sp³-hybridized carbons (Fsp3) is 0.917. The van der Waals surface area contributed by atoms with Gasteiger partial charge in [-0.1, -0.05) is 34.6 Å². The first-order chi connectivity index (χ1) is 7.52. The minimum atomic E-state index is 0.603. The summed E-state index contributed by atoms with van der Waals surface area (Å²) in [4.78, 5) is 4.49. The average Bonchev–Trinajstić information content (AvgIpc) is 2.22. The predicted molar refractivity (Wildman–Crippen MR) is 71.1 cm³/mol. The Balaban J connectivity index is 4.26. The minimum Gasteiger partial charge on any atom is -0.355 e. The molecule has 16 heavy (non-hydrogen) atoms. The van der Waals surface area contributed by atoms with Gasteiger partial charge in [-0.05, 0) is 24.2 Å². The van der Waals surface area contributed by atoms with Gasteiger partial charge in [0.25, 0.3) is 0 Å². The maximum Gasteiger partial charge on any atom is 0.205 e. The maximum atomic E-state index is 5.41. The van der Waals surface area contributed by atoms with Crippen molar-refractivity contribution in [2.75, 3.05) is 13.1 Å². The third-order valence-corrected chi connectivity index (χ3v) is 2.85. The summed E-state index contributed by atoms with van der Waals surface area (Å²) in [6.45, 7) is 12.8. The highest BCUT2D eigenvalue weighted by Crippen LogP contribution is 2.20. The molecule has 0 aliphatic rings. The third kappa shape index (κ3) is 5.95. The molecule has 4 N–H and O–H groups in total. The van der Waals surface area contributed by atoms with Gasteiger partial charge in [-0.2, -0.15) is 0 Å². The van der Waals surface area contributed by atoms with Crippen molar-refractivity contribution in [2.24, 2.45) is 28.6 Å². The van der Waals surface area contributed by atoms with Gasteiger partial charge < -0.3 is 5.32 Å². The Hall–Kier alpha value is -0.770. The standard InChI is InChI=1S/C12H28N4/c1-6-7-14-12(16-13)15-8-11(9(2)3)10(4)5/h9-11H,6-8,13H2,1-5H3,(H2,14,15,16). The van der Waals surface area contributed by atoms with E-state index in [1.54, 1.807) is 0 Å². The van der Waals surface area contributed by atoms with Crippen LogP contribution in [0.1, 0.15) is 41.0 Å². The zero-order valence-electron chi connectivity index (χ0n) is 11.4. The van der Waals surface area contributed by atoms with E-state index in [0.29, 0.717) is 23.7 Å². The van der Waals surface area contributed by atoms with Crippen molar-refractivity contribution >= 4 is 5.96 Å². The monoisotopic (exact) mass is 228 g/mol. The summed E-state index contributed by atoms with van der Waals surface area (Å²) >= 11 is 0. The largest absolute Gasteiger partial charge is 0.355 e. The van der Waals surface area contributed by atoms with Crippen LogP contribution in [0, 0.1) is 17.8 Å². The molecule has 0 aliphatic carbocycles. The number of hydrazine groups is 1. The molecular weight excluding hydrogens is 200 g/mol. The van der Waals surface area contributed by atoms with Crippen molar-refractivity contribution in [1.29, 1.82) is 0 Å². The number of nitrogens with one attached hydrogen (secondary N) is 2. The Labute approximate surface area is 100 Å². The van der Waals surface area contributed by atoms with Gasteiger partial charge in [0.15, 0.2) is 0 Å². The fourth-order valence-electron chi connectivity index (χ4n) is 1.78. The molecule has 0 heterocycles. The second-order valence-corrected chi connectivity index (χ2v) is 4.91. The van der Waals surface area contributed by atoms with Crippen molar-refractivity contribution in [3.63, 3.8) is 0 Å². The van der Waals surface area contributed by atoms with Crippen molar-refractivity contribution in [1.82, 2.24) is 10.7 Å². The van der Waals surface area contributed by atoms with Crippen LogP contribution in [0.4, 0.5) is 0 Å². The Morgan fingerprint density at radius 1 is 1.19 bits per heavy atom. The minimum absolute atomic E-state index is 0.603. The summed E-state index contributed by atoms with van der Waals surface area (Å²) in [5.41, 5.74) is 2.61. The molecular formula is C12H28N4. The lowest BCUT2D eigenvalue weighted by Gasteiger charge is -2.23. The van der Waals surface area contributed by atoms with E-state index in [9.17, 15) is 0 Å². The molecule has 0 saturated carbocycles. The number of guanidine groups is 1. The molecule has 96 valence electrons. The van der Waals surface area contributed by atoms with Crippen molar-refractivity contribution < 1.29 is 0 Å². The molecule has 0 aromatic carbocycles. The Kier molecular flexibility index (Phi) is 7.99. The molecule has 0 saturated heterocycles. The Morgan fingerprint density at radius 2 is 1.75 bits per heavy atom. The predicted octanol–water partition coefficient (Wildman–Crippen LogP) is 1.73. The highest BCUT2D eigenvalue weighted by atomic mass is 15.3. The Bertz CT molecular complexity index is 191. The van der Waals surface area contributed by atoms with Gasteiger partial charge in [-0.15, -0.1) is 0 Å². The Morgan fingerprint density at radius 3 is 2.12 bits per heavy atom. The lowest BCUT2D eigenvalue weighted by Crippen LogP contribution is -2.42. The van der Waals surface area contributed by atoms with Crippen LogP contribution in [-0.4, -0.2) is 19.0 Å². The molecule has 4 heteroatoms. The molecule has 0 amide bonds. The van der Waals surface area contributed by atoms with Crippen molar-refractivity contribution in [2.45, 2.75) is 41.0 Å². The number of aliphatic imine (C=N–C) groups is 1. The average molecular weight is 228 g/mol. The summed E-state index contributed by atoms with van der Waals surface area (Å²) in [6.07, 6.45) is 1.07. The van der Waals surface area contributed by atoms with Crippen molar-refractivity contribution in [3.05, 3.63) is 0 Å². The quantitative estimate of drug-likeness (QED) is 0.281. The van der Waals surface area contributed by atoms with Gasteiger partial charge in [0.2, 0.25) is 5.96 Å². The second kappa shape index (κ2) is 8.39. The molecule has 0 aromatic heterocycles. The van der Waals surface area contributed by atoms with Crippen LogP contribution in [-0.2, 0) is 0 Å². The van der Waals surface area contributed by atoms with Gasteiger partial charge in [-0.3, -0.25) is 10.4 Å². The molecule has 0 aliphatic heterocycles. The van der Waals surface area contributed by atoms with Crippen LogP contribution < -0.4 is 16.6 Å². The molecule has 0 bridgehead atoms. The SMILES string of the molecule is CCCNC(=NCC(C(C)C)C(C)C)NN. The second-order valence-electron chi connectivity index (χ2n) is 4.91. The fourth-order valence-corrected chi connectivity index (χ4v) is 1.78. The van der Waals surface area contributed by atoms with E-state index in [1.807, 2.05) is 0 Å². The van der Waals surface area contributed by atoms with Gasteiger partial charge in [0, 0.05) is 13.1 Å². The molecule has 0 unspecified atom stereocenters. The number of nitrogens with zero attached hydrogens (tertiary/aromatic N) is 1. The number of nitrogens with two attached hydrogens (primary N) is 1. The summed E-state index contributed by atoms with van der Waals surface area (Å²) in [5, 5.41) is 3.17. The van der Waals surface area contributed by atoms with E-state index in [2.05, 4.69) is 50.4 Å². The maximum absolute atomic E-state index is 5.41. The smallest absolute Gasteiger partial charge is 0.205 e. The topological polar surface area (TPSA) is 62.4 Å². The first kappa shape index (κ1) is 15.2. The van der Waals surface area contributed by atoms with Crippen LogP contribution >= 0.6 is 0 Å². The molecule has 4 nitrogen and oxygen atoms in total. The summed E-state index contributed by atoms with van der Waals surface area (Å²) < 4.78 is 0. The van der Waals surface area contributed by atoms with E-state index in [1.165, 1.54) is 0 Å². The summed E-state index contributed by atoms with van der Waals surface area (Å²) in [7, 11) is 0. The normalized spacial score (nSPS) is 12.7. The number of rotatable bonds is 6. The number of hydrogen-bond donors (Lipinski definition) is 3. The lowest BCUT2D eigenvalue weighted by atomic mass is 9.86. The molecule has 0 radical (unpaired) electrons. The van der Waals surface area contributed by atoms with Gasteiger partial charge in [-0.25, -0.2) is 5.84 Å². The number of hydrogen-bond acceptors (Lipinski definition) is 2. The highest BCUT2D eigenvalue weighted by molar-refractivity contribution is 5.79. The molecule has 0 aromatic rings. The van der Waals surface area contributed by atoms with E-state index in [0.717, 1.165) is 19.5 Å². The first-order valence-electron chi connectivity index (χ1n) is 6.27. The zero-order valence-corrected chi connectivity index (χ0v) is 11.4. The van der Waals surface area contributed by atoms with Crippen molar-refractivity contribution in [3.8, 4) is 0 Å². The first-order valence-corrected chi connectivity index (χ1v) is 6.27. The van der Waals surface area contributed by atoms with E-state index in [4.69, 9.17) is 5.84 Å². The highest BCUT2D eigenvalue weighted by Gasteiger charge is 2.16. The van der Waals surface area contributed by atoms with E-state index in [-0.39, 0.29) is 0 Å². The van der Waals surface area contributed by atoms with Crippen LogP contribution in [0.2, 0.25) is 0 Å². The molecule has 0 atom stereocenters. The van der Waals surface area contributed by atoms with Gasteiger partial charge in [0.05, 0.1) is 0 Å². The zero-order chi connectivity index (χ0) is 12.6. The molecule has 0 rings (SSSR count). The van der Waals surface area contributed by atoms with Gasteiger partial charge >= 0.3 is 0 Å². The van der Waals surface area contributed by atoms with Gasteiger partial charge in [0.1, 0.15) is 0 Å². The van der Waals surface area contributed by atoms with E-state index >= 15 is 0 Å². The van der Waals surface area contributed by atoms with Crippen LogP contribution in [0.5, 0.6) is 0 Å². The van der Waals surface area contributed by atoms with E-state index < -0.39 is 0 Å². The molecule has 0 fully saturated rings. The van der Waals surface area contributed by atoms with Crippen LogP contribution in [0.15, 0.2) is 4.99 Å². The third-order valence-electron chi connectivity index (χ3n) is 2.85. The molecule has 0 spiro atoms. The summed E-state index contributed by atoms with van der Waals surface area (Å²) in [5.74, 6) is 8.01. The van der Waals surface area contributed by atoms with Crippen LogP contribution in [0.25, 0.3) is 0 Å². The van der Waals surface area contributed by atoms with Crippen LogP contribution in [0.3, 0.4) is 0 Å². The summed E-state index contributed by atoms with van der Waals surface area (Å²) in [6, 6.07) is 0. The lowest BCUT2D eigenvalue weighted by molar-refractivity contribution is 0.297.